The second-order valence-electron chi connectivity index (χ2n) is 4.78. The average Bonchev–Trinajstić information content (AvgIpc) is 2.82. The van der Waals surface area contributed by atoms with Crippen molar-refractivity contribution < 1.29 is 9.63 Å². The zero-order valence-corrected chi connectivity index (χ0v) is 12.7. The summed E-state index contributed by atoms with van der Waals surface area (Å²) in [6.45, 7) is 7.19. The summed E-state index contributed by atoms with van der Waals surface area (Å²) in [6.07, 6.45) is -0.242. The van der Waals surface area contributed by atoms with E-state index in [0.29, 0.717) is 23.8 Å². The molecule has 1 aliphatic heterocycles. The van der Waals surface area contributed by atoms with Gasteiger partial charge in [0.15, 0.2) is 0 Å². The predicted octanol–water partition coefficient (Wildman–Crippen LogP) is 2.95. The number of halogens is 1. The Bertz CT molecular complexity index is 509. The first kappa shape index (κ1) is 14.9. The molecule has 4 nitrogen and oxygen atoms in total. The van der Waals surface area contributed by atoms with Gasteiger partial charge in [-0.05, 0) is 32.9 Å². The molecule has 1 aromatic carbocycles. The first-order valence-electron chi connectivity index (χ1n) is 6.86. The quantitative estimate of drug-likeness (QED) is 0.857. The summed E-state index contributed by atoms with van der Waals surface area (Å²) >= 11 is 5.90. The normalized spacial score (nSPS) is 21.3. The molecule has 0 radical (unpaired) electrons. The van der Waals surface area contributed by atoms with Gasteiger partial charge in [0.05, 0.1) is 0 Å². The van der Waals surface area contributed by atoms with Crippen LogP contribution in [0.15, 0.2) is 29.4 Å². The third-order valence-electron chi connectivity index (χ3n) is 3.56. The van der Waals surface area contributed by atoms with Crippen LogP contribution in [0, 0.1) is 5.92 Å². The van der Waals surface area contributed by atoms with Crippen LogP contribution in [-0.2, 0) is 9.63 Å². The molecule has 1 heterocycles. The number of amides is 1. The Labute approximate surface area is 124 Å². The maximum atomic E-state index is 12.6. The van der Waals surface area contributed by atoms with Gasteiger partial charge < -0.3 is 9.74 Å². The van der Waals surface area contributed by atoms with E-state index < -0.39 is 0 Å². The van der Waals surface area contributed by atoms with E-state index in [1.807, 2.05) is 32.9 Å². The Morgan fingerprint density at radius 1 is 1.30 bits per heavy atom. The topological polar surface area (TPSA) is 41.9 Å². The van der Waals surface area contributed by atoms with Crippen LogP contribution in [0.3, 0.4) is 0 Å². The number of benzene rings is 1. The number of hydrogen-bond donors (Lipinski definition) is 0. The molecule has 0 bridgehead atoms. The fourth-order valence-corrected chi connectivity index (χ4v) is 2.51. The van der Waals surface area contributed by atoms with Gasteiger partial charge in [0.25, 0.3) is 0 Å². The molecule has 1 aliphatic rings. The summed E-state index contributed by atoms with van der Waals surface area (Å²) in [5, 5.41) is 4.76. The highest BCUT2D eigenvalue weighted by Gasteiger charge is 2.39. The minimum atomic E-state index is -0.351. The molecule has 0 aliphatic carbocycles. The van der Waals surface area contributed by atoms with Crippen molar-refractivity contribution >= 4 is 23.2 Å². The minimum absolute atomic E-state index is 0.0636. The molecule has 0 spiro atoms. The maximum absolute atomic E-state index is 12.6. The molecule has 0 saturated heterocycles. The van der Waals surface area contributed by atoms with Gasteiger partial charge in [0.1, 0.15) is 17.7 Å². The summed E-state index contributed by atoms with van der Waals surface area (Å²) in [6, 6.07) is 7.32. The summed E-state index contributed by atoms with van der Waals surface area (Å²) in [7, 11) is 0. The number of oxime groups is 1. The molecular formula is C15H19ClN2O2. The van der Waals surface area contributed by atoms with E-state index in [2.05, 4.69) is 5.16 Å². The molecule has 2 atom stereocenters. The van der Waals surface area contributed by atoms with E-state index >= 15 is 0 Å². The molecule has 0 fully saturated rings. The van der Waals surface area contributed by atoms with E-state index in [4.69, 9.17) is 16.4 Å². The molecule has 2 rings (SSSR count). The SMILES string of the molecule is CCN(CC)C(=O)[C@H]1C(c2ccc(Cl)cc2)=NO[C@@H]1C. The molecule has 20 heavy (non-hydrogen) atoms. The van der Waals surface area contributed by atoms with E-state index in [-0.39, 0.29) is 17.9 Å². The molecule has 5 heteroatoms. The monoisotopic (exact) mass is 294 g/mol. The Balaban J connectivity index is 2.28. The summed E-state index contributed by atoms with van der Waals surface area (Å²) in [5.74, 6) is -0.287. The van der Waals surface area contributed by atoms with Crippen LogP contribution in [0.4, 0.5) is 0 Å². The van der Waals surface area contributed by atoms with Crippen molar-refractivity contribution in [3.63, 3.8) is 0 Å². The van der Waals surface area contributed by atoms with Gasteiger partial charge in [-0.2, -0.15) is 0 Å². The van der Waals surface area contributed by atoms with Crippen molar-refractivity contribution in [2.24, 2.45) is 11.1 Å². The number of carbonyl (C=O) groups excluding carboxylic acids is 1. The maximum Gasteiger partial charge on any atom is 0.235 e. The smallest absolute Gasteiger partial charge is 0.235 e. The Hall–Kier alpha value is -1.55. The fourth-order valence-electron chi connectivity index (χ4n) is 2.38. The zero-order chi connectivity index (χ0) is 14.7. The van der Waals surface area contributed by atoms with Gasteiger partial charge in [-0.3, -0.25) is 4.79 Å². The Morgan fingerprint density at radius 3 is 2.45 bits per heavy atom. The van der Waals surface area contributed by atoms with Crippen LogP contribution in [-0.4, -0.2) is 35.7 Å². The van der Waals surface area contributed by atoms with Gasteiger partial charge in [0, 0.05) is 23.7 Å². The van der Waals surface area contributed by atoms with Crippen molar-refractivity contribution in [1.82, 2.24) is 4.90 Å². The van der Waals surface area contributed by atoms with Crippen LogP contribution >= 0.6 is 11.6 Å². The number of rotatable bonds is 4. The number of hydrogen-bond acceptors (Lipinski definition) is 3. The highest BCUT2D eigenvalue weighted by Crippen LogP contribution is 2.25. The Morgan fingerprint density at radius 2 is 1.90 bits per heavy atom. The van der Waals surface area contributed by atoms with Crippen molar-refractivity contribution in [3.8, 4) is 0 Å². The molecule has 108 valence electrons. The molecule has 1 amide bonds. The lowest BCUT2D eigenvalue weighted by molar-refractivity contribution is -0.135. The lowest BCUT2D eigenvalue weighted by Gasteiger charge is -2.24. The van der Waals surface area contributed by atoms with Crippen LogP contribution in [0.5, 0.6) is 0 Å². The largest absolute Gasteiger partial charge is 0.391 e. The summed E-state index contributed by atoms with van der Waals surface area (Å²) < 4.78 is 0. The average molecular weight is 295 g/mol. The van der Waals surface area contributed by atoms with Crippen LogP contribution in [0.2, 0.25) is 5.02 Å². The molecule has 0 N–H and O–H groups in total. The second kappa shape index (κ2) is 6.27. The lowest BCUT2D eigenvalue weighted by Crippen LogP contribution is -2.42. The third kappa shape index (κ3) is 2.80. The van der Waals surface area contributed by atoms with Gasteiger partial charge in [-0.1, -0.05) is 28.9 Å². The second-order valence-corrected chi connectivity index (χ2v) is 5.22. The summed E-state index contributed by atoms with van der Waals surface area (Å²) in [5.41, 5.74) is 1.57. The van der Waals surface area contributed by atoms with Crippen molar-refractivity contribution in [3.05, 3.63) is 34.9 Å². The third-order valence-corrected chi connectivity index (χ3v) is 3.81. The van der Waals surface area contributed by atoms with Gasteiger partial charge in [0.2, 0.25) is 5.91 Å². The standard InChI is InChI=1S/C15H19ClN2O2/c1-4-18(5-2)15(19)13-10(3)20-17-14(13)11-6-8-12(16)9-7-11/h6-10,13H,4-5H2,1-3H3/t10-,13-/m1/s1. The minimum Gasteiger partial charge on any atom is -0.391 e. The zero-order valence-electron chi connectivity index (χ0n) is 12.0. The predicted molar refractivity (Wildman–Crippen MR) is 80.0 cm³/mol. The molecular weight excluding hydrogens is 276 g/mol. The van der Waals surface area contributed by atoms with Crippen LogP contribution in [0.25, 0.3) is 0 Å². The van der Waals surface area contributed by atoms with Crippen LogP contribution < -0.4 is 0 Å². The number of nitrogens with zero attached hydrogens (tertiary/aromatic N) is 2. The van der Waals surface area contributed by atoms with Gasteiger partial charge in [-0.15, -0.1) is 0 Å². The van der Waals surface area contributed by atoms with Crippen molar-refractivity contribution in [2.75, 3.05) is 13.1 Å². The fraction of sp³-hybridized carbons (Fsp3) is 0.467. The van der Waals surface area contributed by atoms with Crippen LogP contribution in [0.1, 0.15) is 26.3 Å². The summed E-state index contributed by atoms with van der Waals surface area (Å²) in [4.78, 5) is 19.7. The van der Waals surface area contributed by atoms with Gasteiger partial charge >= 0.3 is 0 Å². The van der Waals surface area contributed by atoms with E-state index in [9.17, 15) is 4.79 Å². The van der Waals surface area contributed by atoms with E-state index in [0.717, 1.165) is 5.56 Å². The Kier molecular flexibility index (Phi) is 4.65. The lowest BCUT2D eigenvalue weighted by atomic mass is 9.92. The molecule has 0 unspecified atom stereocenters. The van der Waals surface area contributed by atoms with Crippen molar-refractivity contribution in [2.45, 2.75) is 26.9 Å². The highest BCUT2D eigenvalue weighted by atomic mass is 35.5. The number of carbonyl (C=O) groups is 1. The highest BCUT2D eigenvalue weighted by molar-refractivity contribution is 6.30. The van der Waals surface area contributed by atoms with Gasteiger partial charge in [-0.25, -0.2) is 0 Å². The molecule has 0 aromatic heterocycles. The van der Waals surface area contributed by atoms with E-state index in [1.165, 1.54) is 0 Å². The molecule has 0 saturated carbocycles. The van der Waals surface area contributed by atoms with Crippen molar-refractivity contribution in [1.29, 1.82) is 0 Å². The first-order chi connectivity index (χ1) is 9.58. The first-order valence-corrected chi connectivity index (χ1v) is 7.24. The van der Waals surface area contributed by atoms with E-state index in [1.54, 1.807) is 17.0 Å². The molecule has 1 aromatic rings.